The van der Waals surface area contributed by atoms with Crippen molar-refractivity contribution in [2.45, 2.75) is 39.3 Å². The maximum absolute atomic E-state index is 11.1. The Kier molecular flexibility index (Phi) is 5.93. The van der Waals surface area contributed by atoms with Crippen LogP contribution in [0.3, 0.4) is 0 Å². The number of ether oxygens (including phenoxy) is 1. The van der Waals surface area contributed by atoms with E-state index >= 15 is 0 Å². The van der Waals surface area contributed by atoms with Crippen molar-refractivity contribution in [3.8, 4) is 0 Å². The Morgan fingerprint density at radius 3 is 2.20 bits per heavy atom. The third-order valence-electron chi connectivity index (χ3n) is 2.31. The van der Waals surface area contributed by atoms with Gasteiger partial charge in [-0.25, -0.2) is 4.79 Å². The van der Waals surface area contributed by atoms with Gasteiger partial charge < -0.3 is 9.84 Å². The topological polar surface area (TPSA) is 66.8 Å². The number of likely N-dealkylation sites (tertiary alicyclic amines) is 1. The highest BCUT2D eigenvalue weighted by atomic mass is 16.5. The van der Waals surface area contributed by atoms with E-state index in [1.807, 2.05) is 13.8 Å². The Hall–Kier alpha value is -1.10. The average Bonchev–Trinajstić information content (AvgIpc) is 2.64. The first-order valence-electron chi connectivity index (χ1n) is 5.09. The molecule has 0 aromatic rings. The molecule has 0 saturated carbocycles. The van der Waals surface area contributed by atoms with Crippen molar-refractivity contribution in [3.63, 3.8) is 0 Å². The molecule has 0 spiro atoms. The van der Waals surface area contributed by atoms with Crippen LogP contribution in [0.15, 0.2) is 0 Å². The van der Waals surface area contributed by atoms with E-state index in [0.29, 0.717) is 6.42 Å². The van der Waals surface area contributed by atoms with Crippen molar-refractivity contribution < 1.29 is 19.4 Å². The Labute approximate surface area is 90.0 Å². The number of carbonyl (C=O) groups excluding carboxylic acids is 1. The van der Waals surface area contributed by atoms with Crippen LogP contribution in [0.25, 0.3) is 0 Å². The number of hydrogen-bond donors (Lipinski definition) is 1. The second kappa shape index (κ2) is 6.40. The fraction of sp³-hybridized carbons (Fsp3) is 0.800. The molecular weight excluding hydrogens is 198 g/mol. The Balaban J connectivity index is 0.000000921. The van der Waals surface area contributed by atoms with Crippen LogP contribution in [-0.2, 0) is 9.53 Å². The number of rotatable bonds is 2. The summed E-state index contributed by atoms with van der Waals surface area (Å²) in [4.78, 5) is 22.9. The Morgan fingerprint density at radius 2 is 1.93 bits per heavy atom. The normalized spacial score (nSPS) is 24.4. The van der Waals surface area contributed by atoms with Gasteiger partial charge in [0.05, 0.1) is 18.7 Å². The molecular formula is C10H19NO4. The molecule has 0 aromatic heterocycles. The summed E-state index contributed by atoms with van der Waals surface area (Å²) in [5.41, 5.74) is 0. The minimum absolute atomic E-state index is 0.123. The number of ketones is 1. The molecule has 5 nitrogen and oxygen atoms in total. The van der Waals surface area contributed by atoms with Crippen LogP contribution in [0.2, 0.25) is 0 Å². The van der Waals surface area contributed by atoms with E-state index < -0.39 is 12.1 Å². The van der Waals surface area contributed by atoms with E-state index in [9.17, 15) is 9.59 Å². The summed E-state index contributed by atoms with van der Waals surface area (Å²) in [6, 6.07) is -0.526. The minimum Gasteiger partial charge on any atom is -0.465 e. The number of carboxylic acid groups (broad SMARTS) is 1. The van der Waals surface area contributed by atoms with Crippen molar-refractivity contribution in [1.29, 1.82) is 0 Å². The van der Waals surface area contributed by atoms with E-state index in [4.69, 9.17) is 9.84 Å². The number of Topliss-reactive ketones (excluding diaryl/α,β-unsaturated/α-hetero) is 1. The van der Waals surface area contributed by atoms with Crippen LogP contribution in [0.5, 0.6) is 0 Å². The van der Waals surface area contributed by atoms with Crippen molar-refractivity contribution in [2.75, 3.05) is 13.7 Å². The van der Waals surface area contributed by atoms with Gasteiger partial charge in [0, 0.05) is 13.5 Å². The van der Waals surface area contributed by atoms with E-state index in [0.717, 1.165) is 4.90 Å². The molecule has 0 aliphatic carbocycles. The minimum atomic E-state index is -1.06. The van der Waals surface area contributed by atoms with Crippen LogP contribution in [0.1, 0.15) is 27.2 Å². The van der Waals surface area contributed by atoms with Crippen LogP contribution < -0.4 is 0 Å². The summed E-state index contributed by atoms with van der Waals surface area (Å²) in [7, 11) is 1.52. The number of amides is 1. The molecule has 1 rings (SSSR count). The standard InChI is InChI=1S/C8H13NO4.C2H6/c1-5(10)7-3-6(13-2)4-9(7)8(11)12;1-2/h6-7H,3-4H2,1-2H3,(H,11,12);1-2H3/t6-,7?;/m1./s1. The van der Waals surface area contributed by atoms with Crippen LogP contribution in [0.4, 0.5) is 4.79 Å². The molecule has 1 aliphatic rings. The molecule has 15 heavy (non-hydrogen) atoms. The van der Waals surface area contributed by atoms with Gasteiger partial charge in [-0.15, -0.1) is 0 Å². The summed E-state index contributed by atoms with van der Waals surface area (Å²) >= 11 is 0. The average molecular weight is 217 g/mol. The predicted octanol–water partition coefficient (Wildman–Crippen LogP) is 1.37. The van der Waals surface area contributed by atoms with E-state index in [2.05, 4.69) is 0 Å². The molecule has 1 aliphatic heterocycles. The maximum atomic E-state index is 11.1. The lowest BCUT2D eigenvalue weighted by atomic mass is 10.1. The molecule has 5 heteroatoms. The van der Waals surface area contributed by atoms with Gasteiger partial charge in [-0.1, -0.05) is 13.8 Å². The molecule has 0 bridgehead atoms. The van der Waals surface area contributed by atoms with Crippen molar-refractivity contribution >= 4 is 11.9 Å². The van der Waals surface area contributed by atoms with Gasteiger partial charge in [-0.05, 0) is 6.92 Å². The zero-order chi connectivity index (χ0) is 12.0. The predicted molar refractivity (Wildman–Crippen MR) is 56.0 cm³/mol. The molecule has 88 valence electrons. The van der Waals surface area contributed by atoms with E-state index in [1.54, 1.807) is 0 Å². The summed E-state index contributed by atoms with van der Waals surface area (Å²) < 4.78 is 5.01. The highest BCUT2D eigenvalue weighted by molar-refractivity contribution is 5.85. The molecule has 0 aromatic carbocycles. The zero-order valence-corrected chi connectivity index (χ0v) is 9.69. The van der Waals surface area contributed by atoms with Crippen LogP contribution >= 0.6 is 0 Å². The fourth-order valence-corrected chi connectivity index (χ4v) is 1.57. The van der Waals surface area contributed by atoms with Crippen molar-refractivity contribution in [1.82, 2.24) is 4.90 Å². The van der Waals surface area contributed by atoms with Gasteiger partial charge in [0.1, 0.15) is 0 Å². The van der Waals surface area contributed by atoms with Gasteiger partial charge in [0.2, 0.25) is 0 Å². The molecule has 1 N–H and O–H groups in total. The first-order chi connectivity index (χ1) is 7.06. The maximum Gasteiger partial charge on any atom is 0.408 e. The first-order valence-corrected chi connectivity index (χ1v) is 5.09. The van der Waals surface area contributed by atoms with E-state index in [1.165, 1.54) is 14.0 Å². The van der Waals surface area contributed by atoms with Gasteiger partial charge in [-0.3, -0.25) is 9.69 Å². The summed E-state index contributed by atoms with van der Waals surface area (Å²) in [5.74, 6) is -0.123. The lowest BCUT2D eigenvalue weighted by Gasteiger charge is -2.17. The molecule has 1 heterocycles. The third kappa shape index (κ3) is 3.51. The smallest absolute Gasteiger partial charge is 0.408 e. The largest absolute Gasteiger partial charge is 0.465 e. The molecule has 1 fully saturated rings. The SMILES string of the molecule is CC.CO[C@@H]1CC(C(C)=O)N(C(=O)O)C1. The molecule has 1 saturated heterocycles. The molecule has 1 unspecified atom stereocenters. The zero-order valence-electron chi connectivity index (χ0n) is 9.69. The van der Waals surface area contributed by atoms with Crippen molar-refractivity contribution in [2.24, 2.45) is 0 Å². The lowest BCUT2D eigenvalue weighted by molar-refractivity contribution is -0.120. The molecule has 1 amide bonds. The first kappa shape index (κ1) is 13.9. The Bertz CT molecular complexity index is 207. The highest BCUT2D eigenvalue weighted by Gasteiger charge is 2.37. The second-order valence-corrected chi connectivity index (χ2v) is 3.15. The summed E-state index contributed by atoms with van der Waals surface area (Å²) in [5, 5.41) is 8.76. The molecule has 2 atom stereocenters. The fourth-order valence-electron chi connectivity index (χ4n) is 1.57. The number of hydrogen-bond acceptors (Lipinski definition) is 3. The third-order valence-corrected chi connectivity index (χ3v) is 2.31. The Morgan fingerprint density at radius 1 is 1.40 bits per heavy atom. The van der Waals surface area contributed by atoms with E-state index in [-0.39, 0.29) is 18.4 Å². The second-order valence-electron chi connectivity index (χ2n) is 3.15. The van der Waals surface area contributed by atoms with Crippen LogP contribution in [-0.4, -0.2) is 47.7 Å². The number of methoxy groups -OCH3 is 1. The number of nitrogens with zero attached hydrogens (tertiary/aromatic N) is 1. The number of carbonyl (C=O) groups is 2. The summed E-state index contributed by atoms with van der Waals surface area (Å²) in [6.45, 7) is 5.69. The molecule has 0 radical (unpaired) electrons. The van der Waals surface area contributed by atoms with Crippen molar-refractivity contribution in [3.05, 3.63) is 0 Å². The highest BCUT2D eigenvalue weighted by Crippen LogP contribution is 2.20. The quantitative estimate of drug-likeness (QED) is 0.758. The van der Waals surface area contributed by atoms with Gasteiger partial charge in [-0.2, -0.15) is 0 Å². The van der Waals surface area contributed by atoms with Gasteiger partial charge >= 0.3 is 6.09 Å². The lowest BCUT2D eigenvalue weighted by Crippen LogP contribution is -2.38. The van der Waals surface area contributed by atoms with Gasteiger partial charge in [0.15, 0.2) is 5.78 Å². The monoisotopic (exact) mass is 217 g/mol. The van der Waals surface area contributed by atoms with Gasteiger partial charge in [0.25, 0.3) is 0 Å². The summed E-state index contributed by atoms with van der Waals surface area (Å²) in [6.07, 6.45) is -0.734. The van der Waals surface area contributed by atoms with Crippen LogP contribution in [0, 0.1) is 0 Å².